The van der Waals surface area contributed by atoms with Gasteiger partial charge in [-0.05, 0) is 31.0 Å². The van der Waals surface area contributed by atoms with Gasteiger partial charge in [0, 0.05) is 25.2 Å². The number of amides is 2. The predicted octanol–water partition coefficient (Wildman–Crippen LogP) is 2.44. The number of aryl methyl sites for hydroxylation is 1. The third-order valence-corrected chi connectivity index (χ3v) is 6.14. The van der Waals surface area contributed by atoms with Crippen molar-refractivity contribution in [1.82, 2.24) is 10.0 Å². The van der Waals surface area contributed by atoms with E-state index in [1.165, 1.54) is 29.2 Å². The molecule has 8 heteroatoms. The van der Waals surface area contributed by atoms with E-state index in [2.05, 4.69) is 5.01 Å². The first-order valence-electron chi connectivity index (χ1n) is 9.69. The van der Waals surface area contributed by atoms with Crippen LogP contribution in [0.2, 0.25) is 0 Å². The van der Waals surface area contributed by atoms with Gasteiger partial charge in [-0.3, -0.25) is 19.7 Å². The summed E-state index contributed by atoms with van der Waals surface area (Å²) in [7, 11) is 0. The summed E-state index contributed by atoms with van der Waals surface area (Å²) in [5.41, 5.74) is 2.48. The van der Waals surface area contributed by atoms with Gasteiger partial charge in [-0.2, -0.15) is 0 Å². The van der Waals surface area contributed by atoms with Crippen molar-refractivity contribution in [2.24, 2.45) is 5.92 Å². The van der Waals surface area contributed by atoms with Crippen molar-refractivity contribution >= 4 is 23.2 Å². The fraction of sp³-hybridized carbons (Fsp3) is 0.333. The topological polar surface area (TPSA) is 87.0 Å². The van der Waals surface area contributed by atoms with Crippen LogP contribution in [-0.4, -0.2) is 45.9 Å². The molecule has 3 saturated heterocycles. The largest absolute Gasteiger partial charge is 0.274 e. The van der Waals surface area contributed by atoms with Crippen LogP contribution >= 0.6 is 0 Å². The van der Waals surface area contributed by atoms with Crippen molar-refractivity contribution in [3.63, 3.8) is 0 Å². The number of carbonyl (C=O) groups is 2. The first-order chi connectivity index (χ1) is 14.0. The fourth-order valence-corrected chi connectivity index (χ4v) is 4.85. The average Bonchev–Trinajstić information content (AvgIpc) is 3.35. The lowest BCUT2D eigenvalue weighted by molar-refractivity contribution is -0.384. The summed E-state index contributed by atoms with van der Waals surface area (Å²) in [5, 5.41) is 15.1. The SMILES string of the molecule is Cc1ccc([C@@H]2[C@H]3C(=O)N(c4ccc([N+](=O)[O-])cc4)C(=O)[C@H]3N3CCCN23)cc1. The van der Waals surface area contributed by atoms with Crippen LogP contribution in [0.1, 0.15) is 23.6 Å². The van der Waals surface area contributed by atoms with Gasteiger partial charge in [0.2, 0.25) is 5.91 Å². The molecule has 0 bridgehead atoms. The number of imide groups is 1. The van der Waals surface area contributed by atoms with Crippen LogP contribution in [0.5, 0.6) is 0 Å². The van der Waals surface area contributed by atoms with E-state index in [-0.39, 0.29) is 23.5 Å². The number of carbonyl (C=O) groups excluding carboxylic acids is 2. The Balaban J connectivity index is 1.54. The minimum absolute atomic E-state index is 0.0729. The molecule has 148 valence electrons. The number of nitro benzene ring substituents is 1. The number of hydrazine groups is 1. The lowest BCUT2D eigenvalue weighted by Gasteiger charge is -2.29. The quantitative estimate of drug-likeness (QED) is 0.453. The maximum absolute atomic E-state index is 13.4. The Morgan fingerprint density at radius 1 is 0.897 bits per heavy atom. The van der Waals surface area contributed by atoms with Gasteiger partial charge in [0.05, 0.1) is 22.6 Å². The van der Waals surface area contributed by atoms with Crippen LogP contribution in [0.4, 0.5) is 11.4 Å². The van der Waals surface area contributed by atoms with Gasteiger partial charge in [0.25, 0.3) is 11.6 Å². The number of benzene rings is 2. The van der Waals surface area contributed by atoms with Gasteiger partial charge in [-0.25, -0.2) is 14.9 Å². The van der Waals surface area contributed by atoms with Gasteiger partial charge in [-0.15, -0.1) is 0 Å². The van der Waals surface area contributed by atoms with Crippen LogP contribution in [0.15, 0.2) is 48.5 Å². The number of non-ortho nitro benzene ring substituents is 1. The van der Waals surface area contributed by atoms with Gasteiger partial charge in [-0.1, -0.05) is 29.8 Å². The molecule has 0 spiro atoms. The molecule has 2 aromatic rings. The Kier molecular flexibility index (Phi) is 4.01. The van der Waals surface area contributed by atoms with Crippen LogP contribution in [0, 0.1) is 23.0 Å². The number of nitrogens with zero attached hydrogens (tertiary/aromatic N) is 4. The Morgan fingerprint density at radius 3 is 2.14 bits per heavy atom. The maximum Gasteiger partial charge on any atom is 0.269 e. The number of rotatable bonds is 3. The highest BCUT2D eigenvalue weighted by molar-refractivity contribution is 6.24. The molecule has 29 heavy (non-hydrogen) atoms. The Labute approximate surface area is 167 Å². The van der Waals surface area contributed by atoms with Gasteiger partial charge in [0.15, 0.2) is 0 Å². The van der Waals surface area contributed by atoms with E-state index in [9.17, 15) is 19.7 Å². The van der Waals surface area contributed by atoms with Crippen molar-refractivity contribution in [2.75, 3.05) is 18.0 Å². The predicted molar refractivity (Wildman–Crippen MR) is 105 cm³/mol. The molecule has 8 nitrogen and oxygen atoms in total. The van der Waals surface area contributed by atoms with Gasteiger partial charge < -0.3 is 0 Å². The average molecular weight is 392 g/mol. The van der Waals surface area contributed by atoms with E-state index in [1.807, 2.05) is 36.2 Å². The molecule has 5 rings (SSSR count). The van der Waals surface area contributed by atoms with E-state index in [4.69, 9.17) is 0 Å². The summed E-state index contributed by atoms with van der Waals surface area (Å²) >= 11 is 0. The van der Waals surface area contributed by atoms with E-state index >= 15 is 0 Å². The van der Waals surface area contributed by atoms with Crippen molar-refractivity contribution in [1.29, 1.82) is 0 Å². The van der Waals surface area contributed by atoms with E-state index < -0.39 is 16.9 Å². The van der Waals surface area contributed by atoms with Crippen molar-refractivity contribution < 1.29 is 14.5 Å². The zero-order chi connectivity index (χ0) is 20.3. The second kappa shape index (κ2) is 6.47. The zero-order valence-electron chi connectivity index (χ0n) is 15.9. The Hall–Kier alpha value is -3.10. The summed E-state index contributed by atoms with van der Waals surface area (Å²) in [6.07, 6.45) is 0.949. The number of hydrogen-bond donors (Lipinski definition) is 0. The molecular formula is C21H20N4O4. The molecule has 0 aliphatic carbocycles. The molecule has 0 N–H and O–H groups in total. The highest BCUT2D eigenvalue weighted by Gasteiger charge is 2.62. The Morgan fingerprint density at radius 2 is 1.52 bits per heavy atom. The summed E-state index contributed by atoms with van der Waals surface area (Å²) in [6.45, 7) is 3.59. The molecule has 2 aromatic carbocycles. The standard InChI is InChI=1S/C21H20N4O4/c1-13-3-5-14(6-4-13)18-17-19(23-12-2-11-22(18)23)21(27)24(20(17)26)15-7-9-16(10-8-15)25(28)29/h3-10,17-19H,2,11-12H2,1H3/t17-,18-,19+/m1/s1. The maximum atomic E-state index is 13.4. The van der Waals surface area contributed by atoms with Crippen LogP contribution in [-0.2, 0) is 9.59 Å². The number of fused-ring (bicyclic) bond motifs is 3. The molecule has 3 aliphatic heterocycles. The molecule has 0 radical (unpaired) electrons. The van der Waals surface area contributed by atoms with Crippen molar-refractivity contribution in [2.45, 2.75) is 25.4 Å². The molecule has 3 fully saturated rings. The van der Waals surface area contributed by atoms with E-state index in [1.54, 1.807) is 0 Å². The number of anilines is 1. The molecule has 2 amide bonds. The van der Waals surface area contributed by atoms with E-state index in [0.29, 0.717) is 5.69 Å². The second-order valence-corrected chi connectivity index (χ2v) is 7.79. The summed E-state index contributed by atoms with van der Waals surface area (Å²) in [4.78, 5) is 38.3. The summed E-state index contributed by atoms with van der Waals surface area (Å²) < 4.78 is 0. The highest BCUT2D eigenvalue weighted by atomic mass is 16.6. The third kappa shape index (κ3) is 2.60. The minimum Gasteiger partial charge on any atom is -0.274 e. The van der Waals surface area contributed by atoms with Gasteiger partial charge in [0.1, 0.15) is 6.04 Å². The molecule has 0 aromatic heterocycles. The molecule has 0 saturated carbocycles. The van der Waals surface area contributed by atoms with Crippen molar-refractivity contribution in [3.8, 4) is 0 Å². The Bertz CT molecular complexity index is 1000. The summed E-state index contributed by atoms with van der Waals surface area (Å²) in [6, 6.07) is 13.0. The number of nitro groups is 1. The molecule has 3 atom stereocenters. The molecular weight excluding hydrogens is 372 g/mol. The lowest BCUT2D eigenvalue weighted by Crippen LogP contribution is -2.44. The third-order valence-electron chi connectivity index (χ3n) is 6.14. The monoisotopic (exact) mass is 392 g/mol. The van der Waals surface area contributed by atoms with Gasteiger partial charge >= 0.3 is 0 Å². The molecule has 3 aliphatic rings. The zero-order valence-corrected chi connectivity index (χ0v) is 15.9. The number of hydrogen-bond acceptors (Lipinski definition) is 6. The first-order valence-corrected chi connectivity index (χ1v) is 9.69. The summed E-state index contributed by atoms with van der Waals surface area (Å²) in [5.74, 6) is -0.982. The highest BCUT2D eigenvalue weighted by Crippen LogP contribution is 2.48. The van der Waals surface area contributed by atoms with Crippen LogP contribution in [0.25, 0.3) is 0 Å². The minimum atomic E-state index is -0.522. The van der Waals surface area contributed by atoms with Crippen LogP contribution in [0.3, 0.4) is 0 Å². The normalized spacial score (nSPS) is 26.8. The van der Waals surface area contributed by atoms with Crippen molar-refractivity contribution in [3.05, 3.63) is 69.8 Å². The lowest BCUT2D eigenvalue weighted by atomic mass is 9.89. The molecule has 0 unspecified atom stereocenters. The van der Waals surface area contributed by atoms with Crippen LogP contribution < -0.4 is 4.90 Å². The smallest absolute Gasteiger partial charge is 0.269 e. The fourth-order valence-electron chi connectivity index (χ4n) is 4.85. The second-order valence-electron chi connectivity index (χ2n) is 7.79. The van der Waals surface area contributed by atoms with E-state index in [0.717, 1.165) is 30.6 Å². The molecule has 3 heterocycles. The first kappa shape index (κ1) is 18.0.